The zero-order valence-electron chi connectivity index (χ0n) is 13.9. The first-order valence-electron chi connectivity index (χ1n) is 8.19. The molecule has 0 bridgehead atoms. The van der Waals surface area contributed by atoms with Crippen LogP contribution in [0.2, 0.25) is 0 Å². The average Bonchev–Trinajstić information content (AvgIpc) is 3.10. The molecule has 1 fully saturated rings. The number of carbonyl (C=O) groups is 2. The zero-order chi connectivity index (χ0) is 18.7. The zero-order valence-corrected chi connectivity index (χ0v) is 14.8. The van der Waals surface area contributed by atoms with Gasteiger partial charge in [0.2, 0.25) is 0 Å². The van der Waals surface area contributed by atoms with E-state index in [1.165, 1.54) is 29.5 Å². The molecule has 0 radical (unpaired) electrons. The third-order valence-corrected chi connectivity index (χ3v) is 5.12. The Balaban J connectivity index is 1.96. The van der Waals surface area contributed by atoms with Crippen molar-refractivity contribution in [1.82, 2.24) is 0 Å². The molecule has 2 heterocycles. The lowest BCUT2D eigenvalue weighted by atomic mass is 10.1. The van der Waals surface area contributed by atoms with Crippen molar-refractivity contribution < 1.29 is 14.5 Å². The van der Waals surface area contributed by atoms with Gasteiger partial charge in [-0.2, -0.15) is 0 Å². The minimum atomic E-state index is -0.642. The third kappa shape index (κ3) is 3.67. The molecule has 0 unspecified atom stereocenters. The van der Waals surface area contributed by atoms with Crippen LogP contribution in [0.1, 0.15) is 40.0 Å². The Morgan fingerprint density at radius 3 is 2.54 bits per heavy atom. The summed E-state index contributed by atoms with van der Waals surface area (Å²) in [7, 11) is 0. The topological polar surface area (TPSA) is 119 Å². The Bertz CT molecular complexity index is 858. The number of nitro groups is 1. The van der Waals surface area contributed by atoms with Gasteiger partial charge < -0.3 is 16.0 Å². The molecule has 3 N–H and O–H groups in total. The Morgan fingerprint density at radius 2 is 1.88 bits per heavy atom. The normalized spacial score (nSPS) is 14.1. The van der Waals surface area contributed by atoms with E-state index < -0.39 is 16.7 Å². The number of benzene rings is 1. The SMILES string of the molecule is NC(=O)c1ccsc1NC(=O)c1cc([N+](=O)[O-])ccc1N1CCCCC1. The molecule has 2 aromatic rings. The molecule has 0 spiro atoms. The number of non-ortho nitro benzene ring substituents is 1. The number of nitrogens with zero attached hydrogens (tertiary/aromatic N) is 2. The molecule has 3 rings (SSSR count). The molecule has 1 aliphatic heterocycles. The Kier molecular flexibility index (Phi) is 5.17. The maximum atomic E-state index is 12.8. The Morgan fingerprint density at radius 1 is 1.15 bits per heavy atom. The molecule has 0 aliphatic carbocycles. The number of hydrogen-bond acceptors (Lipinski definition) is 6. The van der Waals surface area contributed by atoms with E-state index in [2.05, 4.69) is 10.2 Å². The summed E-state index contributed by atoms with van der Waals surface area (Å²) in [6.45, 7) is 1.59. The quantitative estimate of drug-likeness (QED) is 0.616. The van der Waals surface area contributed by atoms with E-state index in [0.717, 1.165) is 32.4 Å². The van der Waals surface area contributed by atoms with Gasteiger partial charge in [0.05, 0.1) is 21.7 Å². The van der Waals surface area contributed by atoms with Crippen molar-refractivity contribution in [2.75, 3.05) is 23.3 Å². The fourth-order valence-corrected chi connectivity index (χ4v) is 3.79. The second-order valence-corrected chi connectivity index (χ2v) is 6.90. The van der Waals surface area contributed by atoms with Crippen molar-refractivity contribution in [3.05, 3.63) is 50.9 Å². The number of hydrogen-bond donors (Lipinski definition) is 2. The predicted octanol–water partition coefficient (Wildman–Crippen LogP) is 3.00. The van der Waals surface area contributed by atoms with Crippen LogP contribution in [0.5, 0.6) is 0 Å². The number of thiophene rings is 1. The first-order chi connectivity index (χ1) is 12.5. The summed E-state index contributed by atoms with van der Waals surface area (Å²) >= 11 is 1.17. The summed E-state index contributed by atoms with van der Waals surface area (Å²) in [6, 6.07) is 5.82. The maximum absolute atomic E-state index is 12.8. The number of primary amides is 1. The van der Waals surface area contributed by atoms with Crippen molar-refractivity contribution in [2.45, 2.75) is 19.3 Å². The molecule has 1 aliphatic rings. The van der Waals surface area contributed by atoms with Gasteiger partial charge in [-0.1, -0.05) is 0 Å². The summed E-state index contributed by atoms with van der Waals surface area (Å²) in [6.07, 6.45) is 3.14. The van der Waals surface area contributed by atoms with Gasteiger partial charge in [-0.05, 0) is 36.8 Å². The number of piperidine rings is 1. The van der Waals surface area contributed by atoms with Crippen molar-refractivity contribution >= 4 is 39.5 Å². The van der Waals surface area contributed by atoms with Crippen molar-refractivity contribution in [2.24, 2.45) is 5.73 Å². The second-order valence-electron chi connectivity index (χ2n) is 5.99. The molecule has 1 saturated heterocycles. The average molecular weight is 374 g/mol. The lowest BCUT2D eigenvalue weighted by Gasteiger charge is -2.30. The van der Waals surface area contributed by atoms with Crippen LogP contribution in [0.25, 0.3) is 0 Å². The molecule has 1 aromatic carbocycles. The van der Waals surface area contributed by atoms with Crippen molar-refractivity contribution in [3.63, 3.8) is 0 Å². The summed E-state index contributed by atoms with van der Waals surface area (Å²) in [5, 5.41) is 15.8. The van der Waals surface area contributed by atoms with Crippen LogP contribution in [-0.2, 0) is 0 Å². The van der Waals surface area contributed by atoms with E-state index in [0.29, 0.717) is 10.7 Å². The van der Waals surface area contributed by atoms with Crippen LogP contribution >= 0.6 is 11.3 Å². The molecule has 8 nitrogen and oxygen atoms in total. The van der Waals surface area contributed by atoms with Crippen molar-refractivity contribution in [3.8, 4) is 0 Å². The number of anilines is 2. The van der Waals surface area contributed by atoms with E-state index in [4.69, 9.17) is 5.73 Å². The number of nitrogens with two attached hydrogens (primary N) is 1. The smallest absolute Gasteiger partial charge is 0.270 e. The molecular weight excluding hydrogens is 356 g/mol. The summed E-state index contributed by atoms with van der Waals surface area (Å²) < 4.78 is 0. The van der Waals surface area contributed by atoms with Crippen LogP contribution in [0.15, 0.2) is 29.6 Å². The van der Waals surface area contributed by atoms with Gasteiger partial charge in [0.15, 0.2) is 0 Å². The molecule has 2 amide bonds. The fraction of sp³-hybridized carbons (Fsp3) is 0.294. The van der Waals surface area contributed by atoms with Gasteiger partial charge in [0, 0.05) is 25.2 Å². The van der Waals surface area contributed by atoms with Crippen LogP contribution in [0, 0.1) is 10.1 Å². The number of nitrogens with one attached hydrogen (secondary N) is 1. The van der Waals surface area contributed by atoms with Crippen molar-refractivity contribution in [1.29, 1.82) is 0 Å². The highest BCUT2D eigenvalue weighted by atomic mass is 32.1. The van der Waals surface area contributed by atoms with E-state index >= 15 is 0 Å². The minimum Gasteiger partial charge on any atom is -0.371 e. The maximum Gasteiger partial charge on any atom is 0.270 e. The largest absolute Gasteiger partial charge is 0.371 e. The highest BCUT2D eigenvalue weighted by Crippen LogP contribution is 2.30. The van der Waals surface area contributed by atoms with Gasteiger partial charge in [0.25, 0.3) is 17.5 Å². The highest BCUT2D eigenvalue weighted by Gasteiger charge is 2.23. The van der Waals surface area contributed by atoms with Gasteiger partial charge in [-0.3, -0.25) is 19.7 Å². The Labute approximate surface area is 153 Å². The van der Waals surface area contributed by atoms with E-state index in [1.807, 2.05) is 0 Å². The monoisotopic (exact) mass is 374 g/mol. The predicted molar refractivity (Wildman–Crippen MR) is 100.0 cm³/mol. The molecule has 1 aromatic heterocycles. The molecule has 0 atom stereocenters. The van der Waals surface area contributed by atoms with Gasteiger partial charge in [0.1, 0.15) is 5.00 Å². The standard InChI is InChI=1S/C17H18N4O4S/c18-15(22)12-6-9-26-17(12)19-16(23)13-10-11(21(24)25)4-5-14(13)20-7-2-1-3-8-20/h4-6,9-10H,1-3,7-8H2,(H2,18,22)(H,19,23). The van der Waals surface area contributed by atoms with Gasteiger partial charge in [-0.25, -0.2) is 0 Å². The number of nitro benzene ring substituents is 1. The minimum absolute atomic E-state index is 0.155. The highest BCUT2D eigenvalue weighted by molar-refractivity contribution is 7.14. The molecule has 26 heavy (non-hydrogen) atoms. The second kappa shape index (κ2) is 7.52. The Hall–Kier alpha value is -2.94. The number of amides is 2. The lowest BCUT2D eigenvalue weighted by molar-refractivity contribution is -0.384. The molecular formula is C17H18N4O4S. The first-order valence-corrected chi connectivity index (χ1v) is 9.07. The third-order valence-electron chi connectivity index (χ3n) is 4.29. The molecule has 0 saturated carbocycles. The first kappa shape index (κ1) is 17.9. The van der Waals surface area contributed by atoms with E-state index in [-0.39, 0.29) is 16.8 Å². The van der Waals surface area contributed by atoms with Crippen LogP contribution in [-0.4, -0.2) is 29.8 Å². The summed E-state index contributed by atoms with van der Waals surface area (Å²) in [4.78, 5) is 36.9. The number of carbonyl (C=O) groups excluding carboxylic acids is 2. The lowest BCUT2D eigenvalue weighted by Crippen LogP contribution is -2.31. The van der Waals surface area contributed by atoms with Gasteiger partial charge in [-0.15, -0.1) is 11.3 Å². The van der Waals surface area contributed by atoms with E-state index in [1.54, 1.807) is 11.4 Å². The van der Waals surface area contributed by atoms with Crippen LogP contribution < -0.4 is 16.0 Å². The summed E-state index contributed by atoms with van der Waals surface area (Å²) in [5.74, 6) is -1.14. The van der Waals surface area contributed by atoms with Gasteiger partial charge >= 0.3 is 0 Å². The molecule has 9 heteroatoms. The molecule has 136 valence electrons. The van der Waals surface area contributed by atoms with E-state index in [9.17, 15) is 19.7 Å². The fourth-order valence-electron chi connectivity index (χ4n) is 3.00. The summed E-state index contributed by atoms with van der Waals surface area (Å²) in [5.41, 5.74) is 6.23. The van der Waals surface area contributed by atoms with Crippen LogP contribution in [0.3, 0.4) is 0 Å². The van der Waals surface area contributed by atoms with Crippen LogP contribution in [0.4, 0.5) is 16.4 Å². The number of rotatable bonds is 5.